The highest BCUT2D eigenvalue weighted by Gasteiger charge is 2.05. The molecule has 2 N–H and O–H groups in total. The van der Waals surface area contributed by atoms with Gasteiger partial charge in [0.1, 0.15) is 0 Å². The molecule has 2 aromatic heterocycles. The smallest absolute Gasteiger partial charge is 0.221 e. The zero-order valence-corrected chi connectivity index (χ0v) is 14.5. The van der Waals surface area contributed by atoms with Gasteiger partial charge in [0, 0.05) is 30.6 Å². The van der Waals surface area contributed by atoms with Crippen LogP contribution in [-0.2, 0) is 24.3 Å². The Labute approximate surface area is 146 Å². The highest BCUT2D eigenvalue weighted by atomic mass is 16.5. The van der Waals surface area contributed by atoms with Crippen LogP contribution >= 0.6 is 0 Å². The molecule has 130 valence electrons. The molecule has 1 amide bonds. The summed E-state index contributed by atoms with van der Waals surface area (Å²) in [4.78, 5) is 15.8. The number of hydrogen-bond acceptors (Lipinski definition) is 5. The fourth-order valence-corrected chi connectivity index (χ4v) is 2.67. The normalized spacial score (nSPS) is 11.0. The Morgan fingerprint density at radius 3 is 2.80 bits per heavy atom. The predicted molar refractivity (Wildman–Crippen MR) is 97.1 cm³/mol. The number of carbonyl (C=O) groups excluding carboxylic acids is 1. The molecule has 3 rings (SSSR count). The molecule has 0 atom stereocenters. The summed E-state index contributed by atoms with van der Waals surface area (Å²) in [5.74, 6) is 0.756. The summed E-state index contributed by atoms with van der Waals surface area (Å²) in [7, 11) is 0. The summed E-state index contributed by atoms with van der Waals surface area (Å²) in [6, 6.07) is 11.7. The lowest BCUT2D eigenvalue weighted by Gasteiger charge is -2.06. The summed E-state index contributed by atoms with van der Waals surface area (Å²) < 4.78 is 5.30. The number of benzene rings is 1. The van der Waals surface area contributed by atoms with E-state index in [-0.39, 0.29) is 5.91 Å². The van der Waals surface area contributed by atoms with Gasteiger partial charge in [0.2, 0.25) is 5.91 Å². The van der Waals surface area contributed by atoms with E-state index >= 15 is 0 Å². The van der Waals surface area contributed by atoms with Gasteiger partial charge in [-0.05, 0) is 30.7 Å². The summed E-state index contributed by atoms with van der Waals surface area (Å²) in [6.07, 6.45) is 2.00. The number of amides is 1. The maximum absolute atomic E-state index is 11.1. The van der Waals surface area contributed by atoms with Crippen molar-refractivity contribution in [2.45, 2.75) is 39.8 Å². The monoisotopic (exact) mass is 338 g/mol. The van der Waals surface area contributed by atoms with Crippen molar-refractivity contribution < 1.29 is 9.32 Å². The molecule has 3 aromatic rings. The highest BCUT2D eigenvalue weighted by Crippen LogP contribution is 2.18. The maximum atomic E-state index is 11.1. The highest BCUT2D eigenvalue weighted by molar-refractivity contribution is 5.92. The Bertz CT molecular complexity index is 873. The number of aryl methyl sites for hydroxylation is 1. The first kappa shape index (κ1) is 17.1. The van der Waals surface area contributed by atoms with Crippen molar-refractivity contribution in [1.82, 2.24) is 15.5 Å². The molecule has 6 heteroatoms. The number of nitrogens with zero attached hydrogens (tertiary/aromatic N) is 2. The minimum atomic E-state index is -0.0809. The number of hydrogen-bond donors (Lipinski definition) is 2. The Kier molecular flexibility index (Phi) is 5.40. The summed E-state index contributed by atoms with van der Waals surface area (Å²) in [5, 5.41) is 11.1. The van der Waals surface area contributed by atoms with Gasteiger partial charge in [0.15, 0.2) is 5.76 Å². The van der Waals surface area contributed by atoms with Crippen LogP contribution in [0.4, 0.5) is 5.69 Å². The van der Waals surface area contributed by atoms with E-state index in [0.717, 1.165) is 46.6 Å². The van der Waals surface area contributed by atoms with Gasteiger partial charge in [-0.2, -0.15) is 0 Å². The molecule has 0 radical (unpaired) electrons. The van der Waals surface area contributed by atoms with Gasteiger partial charge in [-0.25, -0.2) is 0 Å². The second kappa shape index (κ2) is 7.90. The average Bonchev–Trinajstić information content (AvgIpc) is 3.02. The minimum absolute atomic E-state index is 0.0809. The predicted octanol–water partition coefficient (Wildman–Crippen LogP) is 3.42. The third kappa shape index (κ3) is 4.64. The molecule has 0 aliphatic carbocycles. The first-order chi connectivity index (χ1) is 12.1. The van der Waals surface area contributed by atoms with Crippen LogP contribution in [0.3, 0.4) is 0 Å². The number of fused-ring (bicyclic) bond motifs is 1. The molecule has 0 fully saturated rings. The van der Waals surface area contributed by atoms with E-state index in [1.165, 1.54) is 6.92 Å². The first-order valence-corrected chi connectivity index (χ1v) is 8.46. The van der Waals surface area contributed by atoms with Gasteiger partial charge in [0.05, 0.1) is 23.4 Å². The number of carbonyl (C=O) groups is 1. The number of anilines is 1. The van der Waals surface area contributed by atoms with Gasteiger partial charge in [-0.15, -0.1) is 0 Å². The molecule has 0 saturated heterocycles. The Balaban J connectivity index is 1.60. The average molecular weight is 338 g/mol. The SMILES string of the molecule is CCCc1cc(CNCc2ccc3cc(NC(C)=O)ccc3n2)on1. The van der Waals surface area contributed by atoms with Crippen LogP contribution in [-0.4, -0.2) is 16.0 Å². The topological polar surface area (TPSA) is 80.0 Å². The molecule has 2 heterocycles. The van der Waals surface area contributed by atoms with Crippen molar-refractivity contribution in [2.24, 2.45) is 0 Å². The van der Waals surface area contributed by atoms with E-state index in [2.05, 4.69) is 27.7 Å². The second-order valence-electron chi connectivity index (χ2n) is 6.03. The van der Waals surface area contributed by atoms with Gasteiger partial charge in [0.25, 0.3) is 0 Å². The Morgan fingerprint density at radius 1 is 1.12 bits per heavy atom. The van der Waals surface area contributed by atoms with Crippen LogP contribution in [0.2, 0.25) is 0 Å². The van der Waals surface area contributed by atoms with Gasteiger partial charge < -0.3 is 15.2 Å². The van der Waals surface area contributed by atoms with Crippen LogP contribution < -0.4 is 10.6 Å². The third-order valence-corrected chi connectivity index (χ3v) is 3.79. The Hall–Kier alpha value is -2.73. The molecule has 0 aliphatic heterocycles. The Morgan fingerprint density at radius 2 is 2.00 bits per heavy atom. The lowest BCUT2D eigenvalue weighted by atomic mass is 10.2. The van der Waals surface area contributed by atoms with Crippen LogP contribution in [0.25, 0.3) is 10.9 Å². The van der Waals surface area contributed by atoms with E-state index in [1.54, 1.807) is 0 Å². The van der Waals surface area contributed by atoms with Crippen molar-refractivity contribution in [3.05, 3.63) is 53.5 Å². The second-order valence-corrected chi connectivity index (χ2v) is 6.03. The van der Waals surface area contributed by atoms with Crippen molar-refractivity contribution in [3.63, 3.8) is 0 Å². The molecule has 0 unspecified atom stereocenters. The van der Waals surface area contributed by atoms with E-state index in [1.807, 2.05) is 36.4 Å². The maximum Gasteiger partial charge on any atom is 0.221 e. The van der Waals surface area contributed by atoms with E-state index in [9.17, 15) is 4.79 Å². The largest absolute Gasteiger partial charge is 0.360 e. The van der Waals surface area contributed by atoms with Crippen LogP contribution in [0.15, 0.2) is 40.9 Å². The number of rotatable bonds is 7. The fourth-order valence-electron chi connectivity index (χ4n) is 2.67. The first-order valence-electron chi connectivity index (χ1n) is 8.46. The number of aromatic nitrogens is 2. The fraction of sp³-hybridized carbons (Fsp3) is 0.316. The molecule has 0 aliphatic rings. The lowest BCUT2D eigenvalue weighted by molar-refractivity contribution is -0.114. The van der Waals surface area contributed by atoms with Crippen molar-refractivity contribution in [3.8, 4) is 0 Å². The molecule has 25 heavy (non-hydrogen) atoms. The summed E-state index contributed by atoms with van der Waals surface area (Å²) in [5.41, 5.74) is 3.63. The zero-order valence-electron chi connectivity index (χ0n) is 14.5. The van der Waals surface area contributed by atoms with Crippen molar-refractivity contribution in [1.29, 1.82) is 0 Å². The number of nitrogens with one attached hydrogen (secondary N) is 2. The lowest BCUT2D eigenvalue weighted by Crippen LogP contribution is -2.13. The van der Waals surface area contributed by atoms with Crippen LogP contribution in [0.1, 0.15) is 37.4 Å². The molecule has 0 bridgehead atoms. The van der Waals surface area contributed by atoms with E-state index < -0.39 is 0 Å². The quantitative estimate of drug-likeness (QED) is 0.690. The van der Waals surface area contributed by atoms with E-state index in [4.69, 9.17) is 4.52 Å². The van der Waals surface area contributed by atoms with Gasteiger partial charge in [-0.1, -0.05) is 24.6 Å². The minimum Gasteiger partial charge on any atom is -0.360 e. The molecular formula is C19H22N4O2. The van der Waals surface area contributed by atoms with Crippen LogP contribution in [0.5, 0.6) is 0 Å². The number of pyridine rings is 1. The standard InChI is InChI=1S/C19H22N4O2/c1-3-4-16-10-18(25-23-16)12-20-11-17-6-5-14-9-15(21-13(2)24)7-8-19(14)22-17/h5-10,20H,3-4,11-12H2,1-2H3,(H,21,24). The summed E-state index contributed by atoms with van der Waals surface area (Å²) >= 11 is 0. The molecular weight excluding hydrogens is 316 g/mol. The van der Waals surface area contributed by atoms with Crippen molar-refractivity contribution >= 4 is 22.5 Å². The summed E-state index contributed by atoms with van der Waals surface area (Å²) in [6.45, 7) is 4.89. The van der Waals surface area contributed by atoms with Gasteiger partial charge >= 0.3 is 0 Å². The molecule has 6 nitrogen and oxygen atoms in total. The molecule has 0 saturated carbocycles. The third-order valence-electron chi connectivity index (χ3n) is 3.79. The van der Waals surface area contributed by atoms with Crippen molar-refractivity contribution in [2.75, 3.05) is 5.32 Å². The van der Waals surface area contributed by atoms with Crippen LogP contribution in [0, 0.1) is 0 Å². The van der Waals surface area contributed by atoms with E-state index in [0.29, 0.717) is 13.1 Å². The molecule has 0 spiro atoms. The molecule has 1 aromatic carbocycles. The zero-order chi connectivity index (χ0) is 17.6. The van der Waals surface area contributed by atoms with Gasteiger partial charge in [-0.3, -0.25) is 9.78 Å².